The summed E-state index contributed by atoms with van der Waals surface area (Å²) in [5, 5.41) is 0. The fourth-order valence-electron chi connectivity index (χ4n) is 1.12. The molecule has 0 spiro atoms. The van der Waals surface area contributed by atoms with E-state index in [2.05, 4.69) is 4.99 Å². The molecule has 0 bridgehead atoms. The second kappa shape index (κ2) is 9.87. The lowest BCUT2D eigenvalue weighted by molar-refractivity contribution is -0.143. The molecule has 0 saturated heterocycles. The molecule has 0 heterocycles. The first-order chi connectivity index (χ1) is 8.10. The van der Waals surface area contributed by atoms with Crippen LogP contribution in [0.3, 0.4) is 0 Å². The lowest BCUT2D eigenvalue weighted by Gasteiger charge is -2.06. The molecule has 0 radical (unpaired) electrons. The van der Waals surface area contributed by atoms with E-state index in [0.717, 1.165) is 17.9 Å². The van der Waals surface area contributed by atoms with Crippen molar-refractivity contribution in [3.63, 3.8) is 0 Å². The molecule has 0 rings (SSSR count). The van der Waals surface area contributed by atoms with Crippen molar-refractivity contribution in [2.75, 3.05) is 20.3 Å². The Bertz CT molecular complexity index is 282. The third-order valence-electron chi connectivity index (χ3n) is 2.23. The Labute approximate surface area is 104 Å². The summed E-state index contributed by atoms with van der Waals surface area (Å²) in [5.41, 5.74) is 1.07. The van der Waals surface area contributed by atoms with E-state index in [1.807, 2.05) is 19.9 Å². The number of allylic oxidation sites excluding steroid dienone is 2. The molecule has 4 heteroatoms. The van der Waals surface area contributed by atoms with Gasteiger partial charge in [0.25, 0.3) is 0 Å². The van der Waals surface area contributed by atoms with E-state index in [9.17, 15) is 4.79 Å². The molecule has 17 heavy (non-hydrogen) atoms. The Hall–Kier alpha value is -1.32. The highest BCUT2D eigenvalue weighted by Crippen LogP contribution is 2.02. The van der Waals surface area contributed by atoms with Gasteiger partial charge in [0.05, 0.1) is 19.0 Å². The van der Waals surface area contributed by atoms with Gasteiger partial charge in [0, 0.05) is 25.6 Å². The molecule has 0 amide bonds. The summed E-state index contributed by atoms with van der Waals surface area (Å²) in [5.74, 6) is 0.712. The SMILES string of the molecule is CCOC(=O)CCCOC(C)=CCC(C)=NC. The minimum atomic E-state index is -0.160. The predicted molar refractivity (Wildman–Crippen MR) is 69.2 cm³/mol. The van der Waals surface area contributed by atoms with E-state index in [0.29, 0.717) is 26.1 Å². The monoisotopic (exact) mass is 241 g/mol. The van der Waals surface area contributed by atoms with Gasteiger partial charge in [-0.15, -0.1) is 0 Å². The normalized spacial score (nSPS) is 12.5. The molecule has 0 aromatic heterocycles. The van der Waals surface area contributed by atoms with Crippen LogP contribution in [0.25, 0.3) is 0 Å². The van der Waals surface area contributed by atoms with Crippen molar-refractivity contribution in [2.24, 2.45) is 4.99 Å². The number of hydrogen-bond donors (Lipinski definition) is 0. The van der Waals surface area contributed by atoms with Gasteiger partial charge in [-0.25, -0.2) is 0 Å². The summed E-state index contributed by atoms with van der Waals surface area (Å²) in [6, 6.07) is 0. The molecule has 0 aliphatic rings. The number of carbonyl (C=O) groups excluding carboxylic acids is 1. The standard InChI is InChI=1S/C13H23NO3/c1-5-16-13(15)7-6-10-17-12(3)9-8-11(2)14-4/h9H,5-8,10H2,1-4H3. The highest BCUT2D eigenvalue weighted by molar-refractivity contribution is 5.83. The Balaban J connectivity index is 3.64. The maximum absolute atomic E-state index is 11.0. The zero-order chi connectivity index (χ0) is 13.1. The second-order valence-electron chi connectivity index (χ2n) is 3.73. The number of rotatable bonds is 8. The van der Waals surface area contributed by atoms with Gasteiger partial charge in [0.15, 0.2) is 0 Å². The van der Waals surface area contributed by atoms with Crippen molar-refractivity contribution in [3.8, 4) is 0 Å². The molecule has 0 aromatic rings. The third kappa shape index (κ3) is 9.60. The van der Waals surface area contributed by atoms with Gasteiger partial charge in [-0.1, -0.05) is 0 Å². The van der Waals surface area contributed by atoms with E-state index in [1.54, 1.807) is 14.0 Å². The fraction of sp³-hybridized carbons (Fsp3) is 0.692. The summed E-state index contributed by atoms with van der Waals surface area (Å²) in [7, 11) is 1.78. The second-order valence-corrected chi connectivity index (χ2v) is 3.73. The molecule has 4 nitrogen and oxygen atoms in total. The maximum atomic E-state index is 11.0. The average molecular weight is 241 g/mol. The first-order valence-electron chi connectivity index (χ1n) is 5.97. The van der Waals surface area contributed by atoms with Crippen LogP contribution in [0.1, 0.15) is 40.0 Å². The van der Waals surface area contributed by atoms with Crippen LogP contribution in [0.15, 0.2) is 16.8 Å². The molecule has 0 aliphatic carbocycles. The summed E-state index contributed by atoms with van der Waals surface area (Å²) < 4.78 is 10.3. The van der Waals surface area contributed by atoms with Gasteiger partial charge in [0.2, 0.25) is 0 Å². The number of ether oxygens (including phenoxy) is 2. The lowest BCUT2D eigenvalue weighted by atomic mass is 10.2. The van der Waals surface area contributed by atoms with Crippen molar-refractivity contribution in [1.29, 1.82) is 0 Å². The molecule has 98 valence electrons. The molecule has 0 fully saturated rings. The quantitative estimate of drug-likeness (QED) is 0.284. The van der Waals surface area contributed by atoms with Crippen molar-refractivity contribution in [1.82, 2.24) is 0 Å². The molecule has 0 N–H and O–H groups in total. The molecular formula is C13H23NO3. The van der Waals surface area contributed by atoms with E-state index >= 15 is 0 Å². The van der Waals surface area contributed by atoms with E-state index < -0.39 is 0 Å². The molecular weight excluding hydrogens is 218 g/mol. The Kier molecular flexibility index (Phi) is 9.11. The van der Waals surface area contributed by atoms with Gasteiger partial charge < -0.3 is 9.47 Å². The topological polar surface area (TPSA) is 47.9 Å². The minimum Gasteiger partial charge on any atom is -0.499 e. The number of nitrogens with zero attached hydrogens (tertiary/aromatic N) is 1. The molecule has 0 atom stereocenters. The van der Waals surface area contributed by atoms with Crippen molar-refractivity contribution < 1.29 is 14.3 Å². The molecule has 0 unspecified atom stereocenters. The number of hydrogen-bond acceptors (Lipinski definition) is 4. The summed E-state index contributed by atoms with van der Waals surface area (Å²) >= 11 is 0. The highest BCUT2D eigenvalue weighted by atomic mass is 16.5. The predicted octanol–water partition coefficient (Wildman–Crippen LogP) is 2.73. The van der Waals surface area contributed by atoms with Gasteiger partial charge >= 0.3 is 5.97 Å². The van der Waals surface area contributed by atoms with Crippen LogP contribution in [0, 0.1) is 0 Å². The fourth-order valence-corrected chi connectivity index (χ4v) is 1.12. The summed E-state index contributed by atoms with van der Waals surface area (Å²) in [6.07, 6.45) is 3.90. The van der Waals surface area contributed by atoms with Crippen molar-refractivity contribution in [2.45, 2.75) is 40.0 Å². The van der Waals surface area contributed by atoms with Crippen LogP contribution in [-0.2, 0) is 14.3 Å². The third-order valence-corrected chi connectivity index (χ3v) is 2.23. The van der Waals surface area contributed by atoms with Gasteiger partial charge in [-0.3, -0.25) is 9.79 Å². The molecule has 0 aromatic carbocycles. The maximum Gasteiger partial charge on any atom is 0.305 e. The van der Waals surface area contributed by atoms with Crippen LogP contribution in [0.5, 0.6) is 0 Å². The van der Waals surface area contributed by atoms with E-state index in [4.69, 9.17) is 9.47 Å². The summed E-state index contributed by atoms with van der Waals surface area (Å²) in [6.45, 7) is 6.68. The van der Waals surface area contributed by atoms with Crippen LogP contribution in [-0.4, -0.2) is 31.9 Å². The van der Waals surface area contributed by atoms with Crippen LogP contribution < -0.4 is 0 Å². The van der Waals surface area contributed by atoms with Crippen LogP contribution >= 0.6 is 0 Å². The first-order valence-corrected chi connectivity index (χ1v) is 5.97. The molecule has 0 saturated carbocycles. The van der Waals surface area contributed by atoms with Crippen LogP contribution in [0.2, 0.25) is 0 Å². The van der Waals surface area contributed by atoms with Crippen LogP contribution in [0.4, 0.5) is 0 Å². The zero-order valence-corrected chi connectivity index (χ0v) is 11.3. The minimum absolute atomic E-state index is 0.160. The van der Waals surface area contributed by atoms with Gasteiger partial charge in [-0.05, 0) is 33.3 Å². The zero-order valence-electron chi connectivity index (χ0n) is 11.3. The van der Waals surface area contributed by atoms with Gasteiger partial charge in [-0.2, -0.15) is 0 Å². The highest BCUT2D eigenvalue weighted by Gasteiger charge is 2.01. The van der Waals surface area contributed by atoms with E-state index in [-0.39, 0.29) is 5.97 Å². The molecule has 0 aliphatic heterocycles. The average Bonchev–Trinajstić information content (AvgIpc) is 2.32. The van der Waals surface area contributed by atoms with Crippen molar-refractivity contribution >= 4 is 11.7 Å². The Morgan fingerprint density at radius 2 is 2.00 bits per heavy atom. The Morgan fingerprint density at radius 3 is 2.59 bits per heavy atom. The number of carbonyl (C=O) groups is 1. The summed E-state index contributed by atoms with van der Waals surface area (Å²) in [4.78, 5) is 15.1. The largest absolute Gasteiger partial charge is 0.499 e. The smallest absolute Gasteiger partial charge is 0.305 e. The number of aliphatic imine (C=N–C) groups is 1. The number of esters is 1. The van der Waals surface area contributed by atoms with Crippen molar-refractivity contribution in [3.05, 3.63) is 11.8 Å². The van der Waals surface area contributed by atoms with Gasteiger partial charge in [0.1, 0.15) is 0 Å². The van der Waals surface area contributed by atoms with E-state index in [1.165, 1.54) is 0 Å². The lowest BCUT2D eigenvalue weighted by Crippen LogP contribution is -2.05. The first kappa shape index (κ1) is 15.7. The Morgan fingerprint density at radius 1 is 1.29 bits per heavy atom.